The molecule has 2 rings (SSSR count). The molecule has 0 saturated heterocycles. The number of hydrogen-bond donors (Lipinski definition) is 1. The van der Waals surface area contributed by atoms with Gasteiger partial charge in [-0.2, -0.15) is 15.4 Å². The highest BCUT2D eigenvalue weighted by Gasteiger charge is 2.19. The first-order valence-corrected chi connectivity index (χ1v) is 6.53. The standard InChI is InChI=1S/C12H13N7O4/c1-4-23-10(21)6(5-13)16-17-11-14-7-8(15-11)18(2)12(22)19(3)9(7)20/h6H,4H2,1-3H3,(H,14,15). The van der Waals surface area contributed by atoms with Crippen LogP contribution in [-0.2, 0) is 23.6 Å². The minimum Gasteiger partial charge on any atom is -0.464 e. The third kappa shape index (κ3) is 2.86. The molecule has 23 heavy (non-hydrogen) atoms. The molecule has 0 aliphatic carbocycles. The molecule has 0 radical (unpaired) electrons. The molecule has 0 saturated carbocycles. The van der Waals surface area contributed by atoms with Gasteiger partial charge in [0.15, 0.2) is 11.2 Å². The normalized spacial score (nSPS) is 12.4. The molecule has 0 aliphatic rings. The maximum atomic E-state index is 12.0. The predicted molar refractivity (Wildman–Crippen MR) is 77.1 cm³/mol. The first kappa shape index (κ1) is 16.1. The number of hydrogen-bond acceptors (Lipinski definition) is 8. The van der Waals surface area contributed by atoms with E-state index in [0.717, 1.165) is 4.57 Å². The molecule has 0 aromatic carbocycles. The number of aromatic nitrogens is 4. The summed E-state index contributed by atoms with van der Waals surface area (Å²) in [6.07, 6.45) is 0. The smallest absolute Gasteiger partial charge is 0.347 e. The summed E-state index contributed by atoms with van der Waals surface area (Å²) in [6, 6.07) is 0.199. The van der Waals surface area contributed by atoms with Gasteiger partial charge in [0.1, 0.15) is 6.07 Å². The number of azo groups is 1. The van der Waals surface area contributed by atoms with Crippen molar-refractivity contribution in [2.24, 2.45) is 24.3 Å². The lowest BCUT2D eigenvalue weighted by Crippen LogP contribution is -2.36. The van der Waals surface area contributed by atoms with Gasteiger partial charge in [-0.25, -0.2) is 9.59 Å². The van der Waals surface area contributed by atoms with Crippen LogP contribution in [0.3, 0.4) is 0 Å². The Hall–Kier alpha value is -3.29. The monoisotopic (exact) mass is 319 g/mol. The molecular weight excluding hydrogens is 306 g/mol. The van der Waals surface area contributed by atoms with E-state index in [1.54, 1.807) is 13.0 Å². The van der Waals surface area contributed by atoms with Crippen molar-refractivity contribution in [2.75, 3.05) is 6.61 Å². The molecule has 120 valence electrons. The van der Waals surface area contributed by atoms with Crippen LogP contribution < -0.4 is 11.2 Å². The summed E-state index contributed by atoms with van der Waals surface area (Å²) in [5.74, 6) is -0.943. The van der Waals surface area contributed by atoms with Crippen LogP contribution in [0.1, 0.15) is 6.92 Å². The second kappa shape index (κ2) is 6.22. The average molecular weight is 319 g/mol. The van der Waals surface area contributed by atoms with Crippen molar-refractivity contribution in [3.63, 3.8) is 0 Å². The van der Waals surface area contributed by atoms with Crippen LogP contribution in [0.4, 0.5) is 5.95 Å². The van der Waals surface area contributed by atoms with Gasteiger partial charge in [-0.1, -0.05) is 0 Å². The molecule has 1 unspecified atom stereocenters. The number of rotatable bonds is 4. The van der Waals surface area contributed by atoms with E-state index in [1.165, 1.54) is 18.7 Å². The van der Waals surface area contributed by atoms with E-state index in [1.807, 2.05) is 0 Å². The van der Waals surface area contributed by atoms with Crippen molar-refractivity contribution in [2.45, 2.75) is 13.0 Å². The predicted octanol–water partition coefficient (Wildman–Crippen LogP) is -0.501. The van der Waals surface area contributed by atoms with Gasteiger partial charge in [0.25, 0.3) is 11.6 Å². The summed E-state index contributed by atoms with van der Waals surface area (Å²) < 4.78 is 6.75. The number of H-pyrrole nitrogens is 1. The summed E-state index contributed by atoms with van der Waals surface area (Å²) in [5, 5.41) is 16.0. The quantitative estimate of drug-likeness (QED) is 0.593. The fraction of sp³-hybridized carbons (Fsp3) is 0.417. The number of carbonyl (C=O) groups is 1. The van der Waals surface area contributed by atoms with Gasteiger partial charge in [0.2, 0.25) is 5.95 Å². The molecular formula is C12H13N7O4. The number of aryl methyl sites for hydroxylation is 1. The van der Waals surface area contributed by atoms with Crippen molar-refractivity contribution in [1.29, 1.82) is 5.26 Å². The number of aromatic amines is 1. The summed E-state index contributed by atoms with van der Waals surface area (Å²) in [7, 11) is 2.78. The zero-order valence-corrected chi connectivity index (χ0v) is 12.6. The van der Waals surface area contributed by atoms with Crippen LogP contribution >= 0.6 is 0 Å². The Balaban J connectivity index is 2.45. The number of fused-ring (bicyclic) bond motifs is 1. The number of nitriles is 1. The lowest BCUT2D eigenvalue weighted by atomic mass is 10.4. The van der Waals surface area contributed by atoms with Gasteiger partial charge >= 0.3 is 11.7 Å². The Morgan fingerprint density at radius 3 is 2.74 bits per heavy atom. The van der Waals surface area contributed by atoms with Gasteiger partial charge in [0.05, 0.1) is 6.61 Å². The lowest BCUT2D eigenvalue weighted by molar-refractivity contribution is -0.143. The third-order valence-electron chi connectivity index (χ3n) is 2.98. The molecule has 11 heteroatoms. The van der Waals surface area contributed by atoms with Gasteiger partial charge in [-0.15, -0.1) is 5.11 Å². The van der Waals surface area contributed by atoms with Gasteiger partial charge in [-0.3, -0.25) is 13.9 Å². The average Bonchev–Trinajstić information content (AvgIpc) is 2.96. The molecule has 1 atom stereocenters. The van der Waals surface area contributed by atoms with Crippen LogP contribution in [0.5, 0.6) is 0 Å². The summed E-state index contributed by atoms with van der Waals surface area (Å²) in [4.78, 5) is 41.8. The van der Waals surface area contributed by atoms with Crippen molar-refractivity contribution < 1.29 is 9.53 Å². The number of esters is 1. The molecule has 2 aromatic heterocycles. The van der Waals surface area contributed by atoms with Crippen LogP contribution in [0, 0.1) is 11.3 Å². The molecule has 11 nitrogen and oxygen atoms in total. The van der Waals surface area contributed by atoms with Crippen molar-refractivity contribution in [3.05, 3.63) is 20.8 Å². The minimum absolute atomic E-state index is 0.0631. The van der Waals surface area contributed by atoms with Crippen molar-refractivity contribution in [3.8, 4) is 6.07 Å². The molecule has 0 amide bonds. The van der Waals surface area contributed by atoms with Gasteiger partial charge in [0, 0.05) is 14.1 Å². The molecule has 0 aliphatic heterocycles. The number of carbonyl (C=O) groups excluding carboxylic acids is 1. The summed E-state index contributed by atoms with van der Waals surface area (Å²) in [5.41, 5.74) is -0.955. The topological polar surface area (TPSA) is 147 Å². The van der Waals surface area contributed by atoms with E-state index in [4.69, 9.17) is 5.26 Å². The molecule has 0 spiro atoms. The zero-order valence-electron chi connectivity index (χ0n) is 12.6. The fourth-order valence-corrected chi connectivity index (χ4v) is 1.82. The minimum atomic E-state index is -1.44. The fourth-order valence-electron chi connectivity index (χ4n) is 1.82. The molecule has 2 heterocycles. The van der Waals surface area contributed by atoms with Crippen molar-refractivity contribution >= 4 is 23.1 Å². The maximum Gasteiger partial charge on any atom is 0.347 e. The summed E-state index contributed by atoms with van der Waals surface area (Å²) >= 11 is 0. The largest absolute Gasteiger partial charge is 0.464 e. The molecule has 1 N–H and O–H groups in total. The first-order valence-electron chi connectivity index (χ1n) is 6.53. The molecule has 0 fully saturated rings. The number of imidazole rings is 1. The maximum absolute atomic E-state index is 12.0. The number of ether oxygens (including phenoxy) is 1. The molecule has 2 aromatic rings. The van der Waals surface area contributed by atoms with Crippen LogP contribution in [-0.4, -0.2) is 37.7 Å². The zero-order chi connectivity index (χ0) is 17.1. The van der Waals surface area contributed by atoms with E-state index in [0.29, 0.717) is 0 Å². The third-order valence-corrected chi connectivity index (χ3v) is 2.98. The van der Waals surface area contributed by atoms with E-state index in [2.05, 4.69) is 24.9 Å². The first-order chi connectivity index (χ1) is 10.9. The Morgan fingerprint density at radius 2 is 2.13 bits per heavy atom. The Bertz CT molecular complexity index is 943. The van der Waals surface area contributed by atoms with Crippen molar-refractivity contribution in [1.82, 2.24) is 19.1 Å². The molecule has 0 bridgehead atoms. The van der Waals surface area contributed by atoms with Crippen LogP contribution in [0.25, 0.3) is 11.2 Å². The number of nitrogens with one attached hydrogen (secondary N) is 1. The highest BCUT2D eigenvalue weighted by Crippen LogP contribution is 2.12. The number of nitrogens with zero attached hydrogens (tertiary/aromatic N) is 6. The summed E-state index contributed by atoms with van der Waals surface area (Å²) in [6.45, 7) is 1.70. The van der Waals surface area contributed by atoms with Crippen LogP contribution in [0.2, 0.25) is 0 Å². The second-order valence-corrected chi connectivity index (χ2v) is 4.46. The van der Waals surface area contributed by atoms with Gasteiger partial charge in [-0.05, 0) is 6.92 Å². The highest BCUT2D eigenvalue weighted by atomic mass is 16.5. The van der Waals surface area contributed by atoms with E-state index in [9.17, 15) is 14.4 Å². The van der Waals surface area contributed by atoms with Crippen LogP contribution in [0.15, 0.2) is 19.8 Å². The van der Waals surface area contributed by atoms with E-state index < -0.39 is 23.3 Å². The Labute approximate surface area is 128 Å². The van der Waals surface area contributed by atoms with E-state index >= 15 is 0 Å². The Kier molecular flexibility index (Phi) is 4.35. The Morgan fingerprint density at radius 1 is 1.43 bits per heavy atom. The highest BCUT2D eigenvalue weighted by molar-refractivity contribution is 5.79. The lowest BCUT2D eigenvalue weighted by Gasteiger charge is -2.00. The SMILES string of the molecule is CCOC(=O)C(C#N)N=Nc1nc2c([nH]1)c(=O)n(C)c(=O)n2C. The van der Waals surface area contributed by atoms with Gasteiger partial charge < -0.3 is 9.72 Å². The second-order valence-electron chi connectivity index (χ2n) is 4.46. The van der Waals surface area contributed by atoms with E-state index in [-0.39, 0.29) is 23.7 Å².